The van der Waals surface area contributed by atoms with Gasteiger partial charge in [-0.25, -0.2) is 0 Å². The second-order valence-electron chi connectivity index (χ2n) is 10.6. The van der Waals surface area contributed by atoms with Crippen LogP contribution in [0.15, 0.2) is 179 Å². The Morgan fingerprint density at radius 1 is 0.295 bits per heavy atom. The minimum absolute atomic E-state index is 0.886. The van der Waals surface area contributed by atoms with Gasteiger partial charge >= 0.3 is 0 Å². The highest BCUT2D eigenvalue weighted by Crippen LogP contribution is 2.47. The van der Waals surface area contributed by atoms with E-state index in [-0.39, 0.29) is 0 Å². The van der Waals surface area contributed by atoms with E-state index in [0.29, 0.717) is 0 Å². The molecule has 4 heteroatoms. The van der Waals surface area contributed by atoms with Crippen molar-refractivity contribution in [1.29, 1.82) is 0 Å². The van der Waals surface area contributed by atoms with Crippen LogP contribution in [0.3, 0.4) is 0 Å². The third-order valence-corrected chi connectivity index (χ3v) is 12.6. The largest absolute Gasteiger partial charge is 0.455 e. The molecule has 0 amide bonds. The Hall–Kier alpha value is -4.74. The fourth-order valence-electron chi connectivity index (χ4n) is 5.94. The SMILES string of the molecule is c1ccc(P(c2ccccc2)c2oc3ccccc3c2-c2c(P(c3ccccc3)c3ccccc3)oc3ccccc23)cc1. The van der Waals surface area contributed by atoms with Gasteiger partial charge in [-0.15, -0.1) is 0 Å². The van der Waals surface area contributed by atoms with Crippen molar-refractivity contribution in [3.05, 3.63) is 170 Å². The monoisotopic (exact) mass is 602 g/mol. The molecule has 210 valence electrons. The molecule has 0 radical (unpaired) electrons. The van der Waals surface area contributed by atoms with Crippen molar-refractivity contribution in [3.63, 3.8) is 0 Å². The zero-order valence-corrected chi connectivity index (χ0v) is 25.7. The number of furan rings is 2. The van der Waals surface area contributed by atoms with E-state index in [1.807, 2.05) is 0 Å². The van der Waals surface area contributed by atoms with E-state index in [2.05, 4.69) is 170 Å². The van der Waals surface area contributed by atoms with Crippen LogP contribution in [0.25, 0.3) is 33.1 Å². The molecule has 0 fully saturated rings. The van der Waals surface area contributed by atoms with Gasteiger partial charge in [-0.3, -0.25) is 0 Å². The Morgan fingerprint density at radius 3 is 0.886 bits per heavy atom. The summed E-state index contributed by atoms with van der Waals surface area (Å²) < 4.78 is 14.0. The number of benzene rings is 6. The first-order valence-corrected chi connectivity index (χ1v) is 17.4. The summed E-state index contributed by atoms with van der Waals surface area (Å²) in [5.74, 6) is 0. The summed E-state index contributed by atoms with van der Waals surface area (Å²) in [6.07, 6.45) is 0. The Labute approximate surface area is 259 Å². The number of fused-ring (bicyclic) bond motifs is 2. The molecular formula is C40H28O2P2. The van der Waals surface area contributed by atoms with Crippen molar-refractivity contribution < 1.29 is 8.83 Å². The van der Waals surface area contributed by atoms with Gasteiger partial charge in [-0.1, -0.05) is 158 Å². The summed E-state index contributed by atoms with van der Waals surface area (Å²) in [5.41, 5.74) is 6.00. The normalized spacial score (nSPS) is 11.6. The topological polar surface area (TPSA) is 26.3 Å². The molecule has 2 heterocycles. The first kappa shape index (κ1) is 26.9. The summed E-state index contributed by atoms with van der Waals surface area (Å²) in [5, 5.41) is 7.19. The van der Waals surface area contributed by atoms with Gasteiger partial charge in [-0.05, 0) is 33.4 Å². The van der Waals surface area contributed by atoms with Crippen LogP contribution in [0, 0.1) is 0 Å². The highest BCUT2D eigenvalue weighted by atomic mass is 31.1. The maximum absolute atomic E-state index is 6.98. The molecule has 2 aromatic heterocycles. The molecule has 0 spiro atoms. The molecule has 0 aliphatic rings. The van der Waals surface area contributed by atoms with E-state index in [4.69, 9.17) is 8.83 Å². The number of hydrogen-bond acceptors (Lipinski definition) is 2. The van der Waals surface area contributed by atoms with Crippen LogP contribution in [0.1, 0.15) is 0 Å². The molecule has 0 saturated carbocycles. The Morgan fingerprint density at radius 2 is 0.568 bits per heavy atom. The Bertz CT molecular complexity index is 1930. The molecule has 0 unspecified atom stereocenters. The molecule has 2 nitrogen and oxygen atoms in total. The van der Waals surface area contributed by atoms with Crippen molar-refractivity contribution >= 4 is 70.0 Å². The summed E-state index contributed by atoms with van der Waals surface area (Å²) in [4.78, 5) is 0. The van der Waals surface area contributed by atoms with Gasteiger partial charge in [0.05, 0.1) is 0 Å². The number of hydrogen-bond donors (Lipinski definition) is 0. The Kier molecular flexibility index (Phi) is 7.17. The van der Waals surface area contributed by atoms with E-state index in [9.17, 15) is 0 Å². The van der Waals surface area contributed by atoms with Crippen LogP contribution in [-0.2, 0) is 0 Å². The molecule has 0 aliphatic carbocycles. The highest BCUT2D eigenvalue weighted by Gasteiger charge is 2.33. The van der Waals surface area contributed by atoms with Crippen molar-refractivity contribution in [2.45, 2.75) is 0 Å². The molecule has 0 aliphatic heterocycles. The predicted octanol–water partition coefficient (Wildman–Crippen LogP) is 8.36. The van der Waals surface area contributed by atoms with E-state index in [1.54, 1.807) is 0 Å². The quantitative estimate of drug-likeness (QED) is 0.171. The van der Waals surface area contributed by atoms with Gasteiger partial charge in [0.1, 0.15) is 22.2 Å². The van der Waals surface area contributed by atoms with Crippen LogP contribution in [0.2, 0.25) is 0 Å². The fourth-order valence-corrected chi connectivity index (χ4v) is 10.6. The van der Waals surface area contributed by atoms with E-state index in [0.717, 1.165) is 44.1 Å². The number of rotatable bonds is 7. The van der Waals surface area contributed by atoms with Crippen LogP contribution in [0.4, 0.5) is 0 Å². The van der Waals surface area contributed by atoms with Crippen molar-refractivity contribution in [3.8, 4) is 11.1 Å². The van der Waals surface area contributed by atoms with Crippen LogP contribution in [-0.4, -0.2) is 0 Å². The summed E-state index contributed by atoms with van der Waals surface area (Å²) >= 11 is 0. The van der Waals surface area contributed by atoms with Gasteiger partial charge < -0.3 is 8.83 Å². The second-order valence-corrected chi connectivity index (χ2v) is 14.8. The molecule has 8 aromatic rings. The van der Waals surface area contributed by atoms with Gasteiger partial charge in [0.25, 0.3) is 0 Å². The van der Waals surface area contributed by atoms with Crippen LogP contribution < -0.4 is 32.2 Å². The van der Waals surface area contributed by atoms with Gasteiger partial charge in [0.15, 0.2) is 0 Å². The minimum Gasteiger partial charge on any atom is -0.455 e. The van der Waals surface area contributed by atoms with Gasteiger partial charge in [-0.2, -0.15) is 0 Å². The average Bonchev–Trinajstić information content (AvgIpc) is 3.65. The fraction of sp³-hybridized carbons (Fsp3) is 0. The van der Waals surface area contributed by atoms with Crippen molar-refractivity contribution in [1.82, 2.24) is 0 Å². The van der Waals surface area contributed by atoms with Crippen molar-refractivity contribution in [2.75, 3.05) is 0 Å². The summed E-state index contributed by atoms with van der Waals surface area (Å²) in [6.45, 7) is 0. The molecule has 0 N–H and O–H groups in total. The minimum atomic E-state index is -1.02. The smallest absolute Gasteiger partial charge is 0.143 e. The molecule has 8 rings (SSSR count). The third kappa shape index (κ3) is 4.78. The lowest BCUT2D eigenvalue weighted by Crippen LogP contribution is -2.23. The standard InChI is InChI=1S/C40H28O2P2/c1-5-17-29(18-6-1)43(30-19-7-2-8-20-30)39-37(33-25-13-15-27-35(33)41-39)38-34-26-14-16-28-36(34)42-40(38)44(31-21-9-3-10-22-31)32-23-11-4-12-24-32/h1-28H. The van der Waals surface area contributed by atoms with Crippen LogP contribution in [0.5, 0.6) is 0 Å². The Balaban J connectivity index is 1.49. The lowest BCUT2D eigenvalue weighted by molar-refractivity contribution is 0.652. The van der Waals surface area contributed by atoms with Crippen molar-refractivity contribution in [2.24, 2.45) is 0 Å². The molecular weight excluding hydrogens is 574 g/mol. The average molecular weight is 603 g/mol. The van der Waals surface area contributed by atoms with Gasteiger partial charge in [0.2, 0.25) is 0 Å². The van der Waals surface area contributed by atoms with E-state index < -0.39 is 15.8 Å². The molecule has 0 bridgehead atoms. The third-order valence-electron chi connectivity index (χ3n) is 7.87. The van der Waals surface area contributed by atoms with E-state index >= 15 is 0 Å². The molecule has 0 atom stereocenters. The maximum atomic E-state index is 6.98. The zero-order valence-electron chi connectivity index (χ0n) is 23.9. The van der Waals surface area contributed by atoms with Crippen LogP contribution >= 0.6 is 15.8 Å². The lowest BCUT2D eigenvalue weighted by Gasteiger charge is -2.20. The zero-order chi connectivity index (χ0) is 29.3. The summed E-state index contributed by atoms with van der Waals surface area (Å²) in [6, 6.07) is 60.0. The first-order chi connectivity index (χ1) is 21.9. The maximum Gasteiger partial charge on any atom is 0.143 e. The summed E-state index contributed by atoms with van der Waals surface area (Å²) in [7, 11) is -2.03. The lowest BCUT2D eigenvalue weighted by atomic mass is 10.0. The number of para-hydroxylation sites is 2. The predicted molar refractivity (Wildman–Crippen MR) is 189 cm³/mol. The first-order valence-electron chi connectivity index (χ1n) is 14.7. The second kappa shape index (κ2) is 11.7. The van der Waals surface area contributed by atoms with Gasteiger partial charge in [0, 0.05) is 37.7 Å². The highest BCUT2D eigenvalue weighted by molar-refractivity contribution is 7.80. The molecule has 6 aromatic carbocycles. The van der Waals surface area contributed by atoms with E-state index in [1.165, 1.54) is 21.2 Å². The molecule has 0 saturated heterocycles. The molecule has 44 heavy (non-hydrogen) atoms.